The van der Waals surface area contributed by atoms with Crippen molar-refractivity contribution in [2.24, 2.45) is 0 Å². The van der Waals surface area contributed by atoms with Crippen LogP contribution in [0.4, 0.5) is 15.9 Å². The van der Waals surface area contributed by atoms with Gasteiger partial charge in [0.15, 0.2) is 5.82 Å². The number of nitrogens with one attached hydrogen (secondary N) is 1. The highest BCUT2D eigenvalue weighted by Crippen LogP contribution is 2.40. The van der Waals surface area contributed by atoms with E-state index in [9.17, 15) is 8.42 Å². The second kappa shape index (κ2) is 11.3. The molecule has 1 aliphatic heterocycles. The lowest BCUT2D eigenvalue weighted by molar-refractivity contribution is 0.207. The third-order valence-electron chi connectivity index (χ3n) is 8.04. The second-order valence-electron chi connectivity index (χ2n) is 12.1. The topological polar surface area (TPSA) is 98.6 Å². The Morgan fingerprint density at radius 3 is 2.56 bits per heavy atom. The first-order valence-electron chi connectivity index (χ1n) is 14.4. The van der Waals surface area contributed by atoms with E-state index in [1.165, 1.54) is 16.4 Å². The van der Waals surface area contributed by atoms with Crippen LogP contribution >= 0.6 is 0 Å². The molecule has 6 rings (SSSR count). The van der Waals surface area contributed by atoms with Crippen LogP contribution < -0.4 is 14.8 Å². The molecular weight excluding hydrogens is 569 g/mol. The van der Waals surface area contributed by atoms with Gasteiger partial charge in [0.25, 0.3) is 0 Å². The van der Waals surface area contributed by atoms with Gasteiger partial charge in [-0.25, -0.2) is 17.5 Å². The number of ether oxygens (including phenoxy) is 2. The molecule has 2 aliphatic rings. The fourth-order valence-corrected chi connectivity index (χ4v) is 7.43. The lowest BCUT2D eigenvalue weighted by Crippen LogP contribution is -2.25. The minimum absolute atomic E-state index is 0.000284. The molecule has 1 aliphatic carbocycles. The van der Waals surface area contributed by atoms with Crippen molar-refractivity contribution in [3.05, 3.63) is 89.6 Å². The van der Waals surface area contributed by atoms with Crippen LogP contribution in [0.15, 0.2) is 71.9 Å². The van der Waals surface area contributed by atoms with Crippen molar-refractivity contribution in [3.8, 4) is 11.5 Å². The fraction of sp³-hybridized carbons (Fsp3) is 0.375. The maximum atomic E-state index is 16.0. The van der Waals surface area contributed by atoms with Gasteiger partial charge >= 0.3 is 0 Å². The number of nitrogens with zero attached hydrogens (tertiary/aromatic N) is 4. The molecule has 0 amide bonds. The summed E-state index contributed by atoms with van der Waals surface area (Å²) in [6, 6.07) is 15.9. The third-order valence-corrected chi connectivity index (χ3v) is 9.91. The van der Waals surface area contributed by atoms with E-state index in [1.54, 1.807) is 31.6 Å². The van der Waals surface area contributed by atoms with Crippen molar-refractivity contribution < 1.29 is 22.3 Å². The normalized spacial score (nSPS) is 19.7. The molecule has 2 aromatic heterocycles. The van der Waals surface area contributed by atoms with Gasteiger partial charge in [0.2, 0.25) is 10.0 Å². The van der Waals surface area contributed by atoms with Gasteiger partial charge in [-0.05, 0) is 82.0 Å². The SMILES string of the molecule is COc1ccc(CN2Cc3c(ccc(Nc4cc(C5CCC(Oc6cccnc6)C5)nn4C(C)(C)C)c3F)S2(=O)=O)cc1. The Balaban J connectivity index is 1.22. The summed E-state index contributed by atoms with van der Waals surface area (Å²) in [4.78, 5) is 4.13. The Bertz CT molecular complexity index is 1720. The van der Waals surface area contributed by atoms with Gasteiger partial charge in [0, 0.05) is 36.8 Å². The quantitative estimate of drug-likeness (QED) is 0.250. The summed E-state index contributed by atoms with van der Waals surface area (Å²) in [5.41, 5.74) is 1.70. The maximum absolute atomic E-state index is 16.0. The van der Waals surface area contributed by atoms with E-state index in [4.69, 9.17) is 14.6 Å². The van der Waals surface area contributed by atoms with E-state index < -0.39 is 15.8 Å². The largest absolute Gasteiger partial charge is 0.497 e. The van der Waals surface area contributed by atoms with Crippen molar-refractivity contribution in [2.45, 2.75) is 75.6 Å². The molecule has 226 valence electrons. The monoisotopic (exact) mass is 605 g/mol. The molecule has 1 fully saturated rings. The number of hydrogen-bond acceptors (Lipinski definition) is 7. The Morgan fingerprint density at radius 2 is 1.86 bits per heavy atom. The highest BCUT2D eigenvalue weighted by molar-refractivity contribution is 7.89. The van der Waals surface area contributed by atoms with Crippen LogP contribution in [-0.2, 0) is 28.7 Å². The number of halogens is 1. The number of sulfonamides is 1. The van der Waals surface area contributed by atoms with E-state index in [2.05, 4.69) is 10.3 Å². The average molecular weight is 606 g/mol. The number of fused-ring (bicyclic) bond motifs is 1. The minimum atomic E-state index is -3.84. The van der Waals surface area contributed by atoms with Gasteiger partial charge in [-0.3, -0.25) is 4.98 Å². The average Bonchev–Trinajstić information content (AvgIpc) is 3.68. The first kappa shape index (κ1) is 29.1. The number of methoxy groups -OCH3 is 1. The lowest BCUT2D eigenvalue weighted by atomic mass is 10.0. The highest BCUT2D eigenvalue weighted by Gasteiger charge is 2.38. The molecular formula is C32H36FN5O4S. The Morgan fingerprint density at radius 1 is 1.07 bits per heavy atom. The van der Waals surface area contributed by atoms with Crippen molar-refractivity contribution >= 4 is 21.5 Å². The van der Waals surface area contributed by atoms with Crippen LogP contribution in [0.25, 0.3) is 0 Å². The summed E-state index contributed by atoms with van der Waals surface area (Å²) in [6.07, 6.45) is 6.18. The highest BCUT2D eigenvalue weighted by atomic mass is 32.2. The van der Waals surface area contributed by atoms with Crippen molar-refractivity contribution in [1.82, 2.24) is 19.1 Å². The molecule has 2 unspecified atom stereocenters. The van der Waals surface area contributed by atoms with Gasteiger partial charge in [0.1, 0.15) is 17.3 Å². The number of benzene rings is 2. The molecule has 4 aromatic rings. The second-order valence-corrected chi connectivity index (χ2v) is 14.0. The van der Waals surface area contributed by atoms with Crippen molar-refractivity contribution in [1.29, 1.82) is 0 Å². The van der Waals surface area contributed by atoms with Gasteiger partial charge in [-0.2, -0.15) is 9.40 Å². The van der Waals surface area contributed by atoms with Gasteiger partial charge < -0.3 is 14.8 Å². The van der Waals surface area contributed by atoms with E-state index >= 15 is 4.39 Å². The standard InChI is InChI=1S/C32H36FN5O4S/c1-32(2,3)38-30(17-28(36-38)22-9-12-24(16-22)42-25-6-5-15-34-18-25)35-27-13-14-29-26(31(27)33)20-37(43(29,39)40)19-21-7-10-23(41-4)11-8-21/h5-8,10-11,13-15,17-18,22,24,35H,9,12,16,19-20H2,1-4H3. The smallest absolute Gasteiger partial charge is 0.244 e. The summed E-state index contributed by atoms with van der Waals surface area (Å²) in [7, 11) is -2.26. The van der Waals surface area contributed by atoms with Gasteiger partial charge in [-0.1, -0.05) is 12.1 Å². The number of rotatable bonds is 8. The molecule has 0 spiro atoms. The zero-order valence-corrected chi connectivity index (χ0v) is 25.6. The molecule has 0 bridgehead atoms. The Labute approximate surface area is 251 Å². The zero-order chi connectivity index (χ0) is 30.4. The van der Waals surface area contributed by atoms with E-state index in [-0.39, 0.29) is 46.8 Å². The summed E-state index contributed by atoms with van der Waals surface area (Å²) < 4.78 is 57.1. The number of hydrogen-bond donors (Lipinski definition) is 1. The molecule has 43 heavy (non-hydrogen) atoms. The Kier molecular flexibility index (Phi) is 7.64. The fourth-order valence-electron chi connectivity index (χ4n) is 5.83. The summed E-state index contributed by atoms with van der Waals surface area (Å²) >= 11 is 0. The van der Waals surface area contributed by atoms with Crippen LogP contribution in [0.5, 0.6) is 11.5 Å². The van der Waals surface area contributed by atoms with E-state index in [0.717, 1.165) is 36.3 Å². The number of aromatic nitrogens is 3. The first-order chi connectivity index (χ1) is 20.5. The molecule has 2 atom stereocenters. The lowest BCUT2D eigenvalue weighted by Gasteiger charge is -2.23. The molecule has 1 N–H and O–H groups in total. The van der Waals surface area contributed by atoms with Crippen LogP contribution in [0.3, 0.4) is 0 Å². The van der Waals surface area contributed by atoms with E-state index in [0.29, 0.717) is 11.6 Å². The number of anilines is 2. The van der Waals surface area contributed by atoms with Crippen molar-refractivity contribution in [2.75, 3.05) is 12.4 Å². The molecule has 3 heterocycles. The molecule has 0 saturated heterocycles. The summed E-state index contributed by atoms with van der Waals surface area (Å²) in [6.45, 7) is 6.22. The van der Waals surface area contributed by atoms with Crippen molar-refractivity contribution in [3.63, 3.8) is 0 Å². The molecule has 2 aromatic carbocycles. The maximum Gasteiger partial charge on any atom is 0.244 e. The van der Waals surface area contributed by atoms with Crippen LogP contribution in [-0.4, -0.2) is 40.7 Å². The minimum Gasteiger partial charge on any atom is -0.497 e. The van der Waals surface area contributed by atoms with Gasteiger partial charge in [-0.15, -0.1) is 0 Å². The number of pyridine rings is 1. The first-order valence-corrected chi connectivity index (χ1v) is 15.9. The zero-order valence-electron chi connectivity index (χ0n) is 24.7. The van der Waals surface area contributed by atoms with E-state index in [1.807, 2.05) is 55.8 Å². The third kappa shape index (κ3) is 5.83. The molecule has 0 radical (unpaired) electrons. The predicted molar refractivity (Wildman–Crippen MR) is 162 cm³/mol. The summed E-state index contributed by atoms with van der Waals surface area (Å²) in [5.74, 6) is 1.71. The van der Waals surface area contributed by atoms with Crippen LogP contribution in [0, 0.1) is 5.82 Å². The molecule has 1 saturated carbocycles. The summed E-state index contributed by atoms with van der Waals surface area (Å²) in [5, 5.41) is 8.18. The molecule has 9 nitrogen and oxygen atoms in total. The van der Waals surface area contributed by atoms with Crippen LogP contribution in [0.1, 0.15) is 62.8 Å². The Hall–Kier alpha value is -3.96. The van der Waals surface area contributed by atoms with Crippen LogP contribution in [0.2, 0.25) is 0 Å². The molecule has 11 heteroatoms. The predicted octanol–water partition coefficient (Wildman–Crippen LogP) is 6.34. The van der Waals surface area contributed by atoms with Gasteiger partial charge in [0.05, 0.1) is 41.2 Å².